The number of hydrogen-bond donors (Lipinski definition) is 1. The molecule has 0 radical (unpaired) electrons. The molecule has 130 valence electrons. The number of halogens is 1. The number of amides is 1. The zero-order valence-electron chi connectivity index (χ0n) is 13.9. The van der Waals surface area contributed by atoms with Gasteiger partial charge in [0.15, 0.2) is 0 Å². The van der Waals surface area contributed by atoms with Crippen molar-refractivity contribution in [3.63, 3.8) is 0 Å². The van der Waals surface area contributed by atoms with Crippen molar-refractivity contribution in [3.8, 4) is 5.75 Å². The van der Waals surface area contributed by atoms with Gasteiger partial charge in [0.25, 0.3) is 5.91 Å². The zero-order chi connectivity index (χ0) is 15.9. The summed E-state index contributed by atoms with van der Waals surface area (Å²) in [5, 5.41) is 0. The van der Waals surface area contributed by atoms with Gasteiger partial charge < -0.3 is 20.1 Å². The largest absolute Gasteiger partial charge is 0.491 e. The number of ether oxygens (including phenoxy) is 2. The second kappa shape index (κ2) is 9.75. The van der Waals surface area contributed by atoms with Crippen LogP contribution in [0.15, 0.2) is 24.3 Å². The van der Waals surface area contributed by atoms with E-state index in [1.165, 1.54) is 0 Å². The number of piperidine rings is 1. The van der Waals surface area contributed by atoms with E-state index in [1.807, 2.05) is 30.0 Å². The lowest BCUT2D eigenvalue weighted by atomic mass is 9.90. The highest BCUT2D eigenvalue weighted by Gasteiger charge is 2.25. The minimum Gasteiger partial charge on any atom is -0.491 e. The van der Waals surface area contributed by atoms with Gasteiger partial charge in [-0.2, -0.15) is 0 Å². The lowest BCUT2D eigenvalue weighted by molar-refractivity contribution is 0.0680. The fraction of sp³-hybridized carbons (Fsp3) is 0.588. The number of hydrogen-bond acceptors (Lipinski definition) is 4. The number of carbonyl (C=O) groups excluding carboxylic acids is 1. The molecule has 0 saturated carbocycles. The summed E-state index contributed by atoms with van der Waals surface area (Å²) >= 11 is 0. The van der Waals surface area contributed by atoms with Gasteiger partial charge >= 0.3 is 0 Å². The molecule has 1 heterocycles. The summed E-state index contributed by atoms with van der Waals surface area (Å²) in [5.41, 5.74) is 6.62. The first-order valence-corrected chi connectivity index (χ1v) is 7.88. The van der Waals surface area contributed by atoms with Gasteiger partial charge in [0.1, 0.15) is 12.4 Å². The average molecular weight is 343 g/mol. The van der Waals surface area contributed by atoms with Crippen molar-refractivity contribution in [2.24, 2.45) is 11.7 Å². The van der Waals surface area contributed by atoms with Crippen LogP contribution in [0, 0.1) is 5.92 Å². The van der Waals surface area contributed by atoms with Crippen LogP contribution in [0.4, 0.5) is 0 Å². The van der Waals surface area contributed by atoms with Crippen molar-refractivity contribution < 1.29 is 14.3 Å². The Hall–Kier alpha value is -1.30. The molecule has 2 N–H and O–H groups in total. The van der Waals surface area contributed by atoms with Crippen LogP contribution >= 0.6 is 12.4 Å². The molecule has 1 aliphatic rings. The van der Waals surface area contributed by atoms with E-state index >= 15 is 0 Å². The highest BCUT2D eigenvalue weighted by atomic mass is 35.5. The van der Waals surface area contributed by atoms with Gasteiger partial charge in [-0.1, -0.05) is 6.07 Å². The molecular weight excluding hydrogens is 316 g/mol. The van der Waals surface area contributed by atoms with Crippen LogP contribution in [0.3, 0.4) is 0 Å². The average Bonchev–Trinajstić information content (AvgIpc) is 2.55. The number of carbonyl (C=O) groups is 1. The molecule has 1 amide bonds. The summed E-state index contributed by atoms with van der Waals surface area (Å²) in [7, 11) is 1.63. The van der Waals surface area contributed by atoms with Crippen LogP contribution in [-0.4, -0.2) is 50.3 Å². The Morgan fingerprint density at radius 1 is 1.35 bits per heavy atom. The molecule has 5 nitrogen and oxygen atoms in total. The van der Waals surface area contributed by atoms with Gasteiger partial charge in [-0.05, 0) is 43.9 Å². The smallest absolute Gasteiger partial charge is 0.253 e. The Kier molecular flexibility index (Phi) is 8.37. The van der Waals surface area contributed by atoms with Gasteiger partial charge in [-0.15, -0.1) is 12.4 Å². The molecule has 6 heteroatoms. The van der Waals surface area contributed by atoms with Crippen molar-refractivity contribution in [1.29, 1.82) is 0 Å². The number of likely N-dealkylation sites (tertiary alicyclic amines) is 1. The third-order valence-electron chi connectivity index (χ3n) is 4.21. The van der Waals surface area contributed by atoms with Crippen molar-refractivity contribution >= 4 is 18.3 Å². The van der Waals surface area contributed by atoms with Crippen molar-refractivity contribution in [2.75, 3.05) is 33.4 Å². The van der Waals surface area contributed by atoms with Crippen LogP contribution in [-0.2, 0) is 4.74 Å². The molecule has 1 aromatic carbocycles. The summed E-state index contributed by atoms with van der Waals surface area (Å²) in [6.45, 7) is 4.61. The molecular formula is C17H27ClN2O3. The van der Waals surface area contributed by atoms with Crippen molar-refractivity contribution in [3.05, 3.63) is 29.8 Å². The molecule has 1 aliphatic heterocycles. The number of nitrogens with two attached hydrogens (primary N) is 1. The summed E-state index contributed by atoms with van der Waals surface area (Å²) < 4.78 is 10.5. The maximum Gasteiger partial charge on any atom is 0.253 e. The Balaban J connectivity index is 0.00000264. The van der Waals surface area contributed by atoms with Crippen LogP contribution in [0.25, 0.3) is 0 Å². The van der Waals surface area contributed by atoms with Gasteiger partial charge in [-0.3, -0.25) is 4.79 Å². The molecule has 23 heavy (non-hydrogen) atoms. The summed E-state index contributed by atoms with van der Waals surface area (Å²) in [6.07, 6.45) is 1.96. The SMILES string of the molecule is COCCOc1cccc(C(=O)N2CCC(C(C)N)CC2)c1.Cl. The fourth-order valence-corrected chi connectivity index (χ4v) is 2.77. The highest BCUT2D eigenvalue weighted by Crippen LogP contribution is 2.22. The molecule has 1 unspecified atom stereocenters. The van der Waals surface area contributed by atoms with E-state index in [-0.39, 0.29) is 24.4 Å². The van der Waals surface area contributed by atoms with Crippen LogP contribution in [0.5, 0.6) is 5.75 Å². The summed E-state index contributed by atoms with van der Waals surface area (Å²) in [6, 6.07) is 7.55. The Bertz CT molecular complexity index is 488. The van der Waals surface area contributed by atoms with E-state index in [4.69, 9.17) is 15.2 Å². The summed E-state index contributed by atoms with van der Waals surface area (Å²) in [4.78, 5) is 14.5. The second-order valence-corrected chi connectivity index (χ2v) is 5.86. The maximum absolute atomic E-state index is 12.6. The number of nitrogens with zero attached hydrogens (tertiary/aromatic N) is 1. The van der Waals surface area contributed by atoms with E-state index in [0.29, 0.717) is 30.4 Å². The van der Waals surface area contributed by atoms with Crippen molar-refractivity contribution in [2.45, 2.75) is 25.8 Å². The first-order chi connectivity index (χ1) is 10.6. The van der Waals surface area contributed by atoms with E-state index in [1.54, 1.807) is 13.2 Å². The number of benzene rings is 1. The fourth-order valence-electron chi connectivity index (χ4n) is 2.77. The molecule has 0 spiro atoms. The minimum absolute atomic E-state index is 0. The highest BCUT2D eigenvalue weighted by molar-refractivity contribution is 5.94. The Morgan fingerprint density at radius 2 is 2.04 bits per heavy atom. The van der Waals surface area contributed by atoms with E-state index in [9.17, 15) is 4.79 Å². The molecule has 0 bridgehead atoms. The van der Waals surface area contributed by atoms with E-state index < -0.39 is 0 Å². The summed E-state index contributed by atoms with van der Waals surface area (Å²) in [5.74, 6) is 1.29. The van der Waals surface area contributed by atoms with Gasteiger partial charge in [0.2, 0.25) is 0 Å². The first-order valence-electron chi connectivity index (χ1n) is 7.88. The standard InChI is InChI=1S/C17H26N2O3.ClH/c1-13(18)14-6-8-19(9-7-14)17(20)15-4-3-5-16(12-15)22-11-10-21-2;/h3-5,12-14H,6-11,18H2,1-2H3;1H. The number of methoxy groups -OCH3 is 1. The molecule has 1 atom stereocenters. The van der Waals surface area contributed by atoms with E-state index in [2.05, 4.69) is 0 Å². The predicted molar refractivity (Wildman–Crippen MR) is 93.3 cm³/mol. The topological polar surface area (TPSA) is 64.8 Å². The van der Waals surface area contributed by atoms with Gasteiger partial charge in [-0.25, -0.2) is 0 Å². The van der Waals surface area contributed by atoms with Gasteiger partial charge in [0.05, 0.1) is 6.61 Å². The normalized spacial score (nSPS) is 16.6. The van der Waals surface area contributed by atoms with Crippen LogP contribution in [0.1, 0.15) is 30.1 Å². The van der Waals surface area contributed by atoms with E-state index in [0.717, 1.165) is 25.9 Å². The minimum atomic E-state index is 0. The lowest BCUT2D eigenvalue weighted by Crippen LogP contribution is -2.42. The molecule has 1 fully saturated rings. The van der Waals surface area contributed by atoms with Crippen LogP contribution < -0.4 is 10.5 Å². The maximum atomic E-state index is 12.6. The molecule has 1 saturated heterocycles. The first kappa shape index (κ1) is 19.7. The zero-order valence-corrected chi connectivity index (χ0v) is 14.7. The third kappa shape index (κ3) is 5.68. The molecule has 0 aromatic heterocycles. The van der Waals surface area contributed by atoms with Gasteiger partial charge in [0, 0.05) is 31.8 Å². The second-order valence-electron chi connectivity index (χ2n) is 5.86. The lowest BCUT2D eigenvalue weighted by Gasteiger charge is -2.33. The number of rotatable bonds is 6. The molecule has 1 aromatic rings. The molecule has 2 rings (SSSR count). The monoisotopic (exact) mass is 342 g/mol. The molecule has 0 aliphatic carbocycles. The predicted octanol–water partition coefficient (Wildman–Crippen LogP) is 2.33. The third-order valence-corrected chi connectivity index (χ3v) is 4.21. The Morgan fingerprint density at radius 3 is 2.65 bits per heavy atom. The van der Waals surface area contributed by atoms with Crippen LogP contribution in [0.2, 0.25) is 0 Å². The Labute approximate surface area is 144 Å². The van der Waals surface area contributed by atoms with Crippen molar-refractivity contribution in [1.82, 2.24) is 4.90 Å². The quantitative estimate of drug-likeness (QED) is 0.806.